The number of carbonyl (C=O) groups is 2. The van der Waals surface area contributed by atoms with Crippen LogP contribution in [-0.4, -0.2) is 53.9 Å². The third-order valence-electron chi connectivity index (χ3n) is 6.47. The molecule has 3 atom stereocenters. The summed E-state index contributed by atoms with van der Waals surface area (Å²) in [5, 5.41) is 2.89. The highest BCUT2D eigenvalue weighted by Crippen LogP contribution is 2.28. The first-order valence-corrected chi connectivity index (χ1v) is 11.5. The summed E-state index contributed by atoms with van der Waals surface area (Å²) >= 11 is 0. The van der Waals surface area contributed by atoms with E-state index in [9.17, 15) is 14.0 Å². The molecule has 5 rings (SSSR count). The van der Waals surface area contributed by atoms with E-state index >= 15 is 0 Å². The van der Waals surface area contributed by atoms with E-state index in [1.807, 2.05) is 0 Å². The minimum Gasteiger partial charge on any atom is -0.436 e. The Morgan fingerprint density at radius 3 is 2.71 bits per heavy atom. The Morgan fingerprint density at radius 2 is 1.97 bits per heavy atom. The molecule has 1 saturated heterocycles. The number of nitrogens with zero attached hydrogens (tertiary/aromatic N) is 2. The maximum absolute atomic E-state index is 13.9. The predicted octanol–water partition coefficient (Wildman–Crippen LogP) is 4.49. The number of fused-ring (bicyclic) bond motifs is 1. The molecule has 0 radical (unpaired) electrons. The summed E-state index contributed by atoms with van der Waals surface area (Å²) in [6.45, 7) is 0.616. The normalized spacial score (nSPS) is 22.1. The van der Waals surface area contributed by atoms with Crippen LogP contribution in [0.3, 0.4) is 0 Å². The molecule has 1 aromatic heterocycles. The van der Waals surface area contributed by atoms with Crippen molar-refractivity contribution in [1.82, 2.24) is 15.2 Å². The molecule has 0 spiro atoms. The predicted molar refractivity (Wildman–Crippen MR) is 122 cm³/mol. The minimum atomic E-state index is -0.471. The average Bonchev–Trinajstić information content (AvgIpc) is 3.60. The maximum Gasteiger partial charge on any atom is 0.409 e. The fourth-order valence-corrected chi connectivity index (χ4v) is 4.56. The number of ether oxygens (including phenoxy) is 2. The van der Waals surface area contributed by atoms with Crippen molar-refractivity contribution in [3.05, 3.63) is 53.8 Å². The monoisotopic (exact) mass is 467 g/mol. The summed E-state index contributed by atoms with van der Waals surface area (Å²) < 4.78 is 30.1. The van der Waals surface area contributed by atoms with Crippen LogP contribution in [0.5, 0.6) is 0 Å². The summed E-state index contributed by atoms with van der Waals surface area (Å²) in [5.41, 5.74) is 1.74. The van der Waals surface area contributed by atoms with E-state index in [1.165, 1.54) is 6.07 Å². The highest BCUT2D eigenvalue weighted by molar-refractivity contribution is 5.94. The zero-order chi connectivity index (χ0) is 23.7. The van der Waals surface area contributed by atoms with Crippen molar-refractivity contribution in [1.29, 1.82) is 0 Å². The number of amides is 2. The Hall–Kier alpha value is -3.46. The molecule has 1 aliphatic heterocycles. The molecule has 2 heterocycles. The number of nitrogens with one attached hydrogen (secondary N) is 1. The standard InChI is InChI=1S/C25H26FN3O5/c1-29(18-12-11-17(14-18)27-25(31)34-21-6-3-13-32-21)24(30)16-9-7-15(8-10-16)23-28-22-19(26)4-2-5-20(22)33-23/h2,4-5,7-10,17-18,21H,3,6,11-14H2,1H3,(H,27,31)/t17-,18+,21-/m0/s1. The molecule has 0 unspecified atom stereocenters. The lowest BCUT2D eigenvalue weighted by Crippen LogP contribution is -2.39. The molecule has 1 N–H and O–H groups in total. The van der Waals surface area contributed by atoms with Crippen LogP contribution in [-0.2, 0) is 9.47 Å². The highest BCUT2D eigenvalue weighted by Gasteiger charge is 2.32. The van der Waals surface area contributed by atoms with E-state index in [0.717, 1.165) is 25.7 Å². The molecule has 2 aliphatic rings. The summed E-state index contributed by atoms with van der Waals surface area (Å²) in [6.07, 6.45) is 2.91. The first kappa shape index (κ1) is 22.3. The maximum atomic E-state index is 13.9. The van der Waals surface area contributed by atoms with Crippen LogP contribution in [0.1, 0.15) is 42.5 Å². The first-order chi connectivity index (χ1) is 16.5. The van der Waals surface area contributed by atoms with Crippen molar-refractivity contribution < 1.29 is 27.9 Å². The van der Waals surface area contributed by atoms with Crippen LogP contribution in [0, 0.1) is 5.82 Å². The molecule has 2 amide bonds. The van der Waals surface area contributed by atoms with E-state index in [2.05, 4.69) is 10.3 Å². The van der Waals surface area contributed by atoms with Gasteiger partial charge >= 0.3 is 6.09 Å². The van der Waals surface area contributed by atoms with Gasteiger partial charge in [-0.05, 0) is 62.1 Å². The second-order valence-electron chi connectivity index (χ2n) is 8.76. The van der Waals surface area contributed by atoms with Gasteiger partial charge in [0.1, 0.15) is 5.52 Å². The topological polar surface area (TPSA) is 93.9 Å². The molecule has 9 heteroatoms. The van der Waals surface area contributed by atoms with E-state index in [-0.39, 0.29) is 23.5 Å². The molecule has 8 nitrogen and oxygen atoms in total. The van der Waals surface area contributed by atoms with Crippen molar-refractivity contribution in [3.8, 4) is 11.5 Å². The number of rotatable bonds is 5. The Bertz CT molecular complexity index is 1190. The van der Waals surface area contributed by atoms with Gasteiger partial charge in [-0.1, -0.05) is 6.07 Å². The molecule has 1 saturated carbocycles. The lowest BCUT2D eigenvalue weighted by Gasteiger charge is -2.25. The molecule has 2 fully saturated rings. The number of benzene rings is 2. The number of hydrogen-bond acceptors (Lipinski definition) is 6. The number of halogens is 1. The highest BCUT2D eigenvalue weighted by atomic mass is 19.1. The number of para-hydroxylation sites is 1. The smallest absolute Gasteiger partial charge is 0.409 e. The number of hydrogen-bond donors (Lipinski definition) is 1. The zero-order valence-electron chi connectivity index (χ0n) is 18.8. The van der Waals surface area contributed by atoms with Gasteiger partial charge in [-0.2, -0.15) is 0 Å². The summed E-state index contributed by atoms with van der Waals surface area (Å²) in [6, 6.07) is 11.4. The number of oxazole rings is 1. The second-order valence-corrected chi connectivity index (χ2v) is 8.76. The van der Waals surface area contributed by atoms with Crippen LogP contribution in [0.25, 0.3) is 22.6 Å². The molecule has 34 heavy (non-hydrogen) atoms. The zero-order valence-corrected chi connectivity index (χ0v) is 18.8. The number of aromatic nitrogens is 1. The van der Waals surface area contributed by atoms with Gasteiger partial charge in [0.15, 0.2) is 11.4 Å². The van der Waals surface area contributed by atoms with Crippen molar-refractivity contribution in [3.63, 3.8) is 0 Å². The summed E-state index contributed by atoms with van der Waals surface area (Å²) in [7, 11) is 1.78. The van der Waals surface area contributed by atoms with Crippen LogP contribution >= 0.6 is 0 Å². The fourth-order valence-electron chi connectivity index (χ4n) is 4.56. The van der Waals surface area contributed by atoms with Gasteiger partial charge in [-0.3, -0.25) is 4.79 Å². The van der Waals surface area contributed by atoms with Gasteiger partial charge < -0.3 is 24.1 Å². The van der Waals surface area contributed by atoms with Crippen molar-refractivity contribution >= 4 is 23.1 Å². The fraction of sp³-hybridized carbons (Fsp3) is 0.400. The Kier molecular flexibility index (Phi) is 6.19. The molecule has 0 bridgehead atoms. The summed E-state index contributed by atoms with van der Waals surface area (Å²) in [5.74, 6) is -0.250. The van der Waals surface area contributed by atoms with Gasteiger partial charge in [0.05, 0.1) is 6.61 Å². The van der Waals surface area contributed by atoms with Gasteiger partial charge in [0, 0.05) is 36.7 Å². The van der Waals surface area contributed by atoms with Gasteiger partial charge in [0.2, 0.25) is 12.2 Å². The lowest BCUT2D eigenvalue weighted by molar-refractivity contribution is -0.0685. The third-order valence-corrected chi connectivity index (χ3v) is 6.47. The molecule has 1 aliphatic carbocycles. The molecular weight excluding hydrogens is 441 g/mol. The average molecular weight is 467 g/mol. The van der Waals surface area contributed by atoms with Crippen molar-refractivity contribution in [2.45, 2.75) is 50.5 Å². The van der Waals surface area contributed by atoms with Crippen LogP contribution < -0.4 is 5.32 Å². The third kappa shape index (κ3) is 4.61. The van der Waals surface area contributed by atoms with E-state index < -0.39 is 18.2 Å². The Labute approximate surface area is 196 Å². The van der Waals surface area contributed by atoms with E-state index in [4.69, 9.17) is 13.9 Å². The first-order valence-electron chi connectivity index (χ1n) is 11.5. The van der Waals surface area contributed by atoms with Crippen molar-refractivity contribution in [2.75, 3.05) is 13.7 Å². The second kappa shape index (κ2) is 9.42. The Morgan fingerprint density at radius 1 is 1.15 bits per heavy atom. The van der Waals surface area contributed by atoms with Crippen LogP contribution in [0.15, 0.2) is 46.9 Å². The quantitative estimate of drug-likeness (QED) is 0.594. The van der Waals surface area contributed by atoms with Crippen LogP contribution in [0.4, 0.5) is 9.18 Å². The molecule has 3 aromatic rings. The van der Waals surface area contributed by atoms with Crippen molar-refractivity contribution in [2.24, 2.45) is 0 Å². The van der Waals surface area contributed by atoms with Crippen LogP contribution in [0.2, 0.25) is 0 Å². The summed E-state index contributed by atoms with van der Waals surface area (Å²) in [4.78, 5) is 31.1. The van der Waals surface area contributed by atoms with E-state index in [1.54, 1.807) is 48.3 Å². The SMILES string of the molecule is CN(C(=O)c1ccc(-c2nc3c(F)cccc3o2)cc1)[C@@H]1CC[C@H](NC(=O)O[C@H]2CCCO2)C1. The number of carbonyl (C=O) groups excluding carboxylic acids is 2. The number of alkyl carbamates (subject to hydrolysis) is 1. The minimum absolute atomic E-state index is 0.0141. The molecule has 178 valence electrons. The molecule has 2 aromatic carbocycles. The van der Waals surface area contributed by atoms with Gasteiger partial charge in [-0.25, -0.2) is 14.2 Å². The Balaban J connectivity index is 1.18. The lowest BCUT2D eigenvalue weighted by atomic mass is 10.1. The van der Waals surface area contributed by atoms with Gasteiger partial charge in [0.25, 0.3) is 5.91 Å². The molecular formula is C25H26FN3O5. The largest absolute Gasteiger partial charge is 0.436 e. The van der Waals surface area contributed by atoms with E-state index in [0.29, 0.717) is 35.6 Å². The van der Waals surface area contributed by atoms with Gasteiger partial charge in [-0.15, -0.1) is 0 Å².